The number of carbonyl (C=O) groups is 1. The number of ether oxygens (including phenoxy) is 1. The van der Waals surface area contributed by atoms with Gasteiger partial charge in [0.2, 0.25) is 5.91 Å². The normalized spacial score (nSPS) is 10.3. The molecule has 0 saturated heterocycles. The number of aromatic nitrogens is 2. The van der Waals surface area contributed by atoms with Gasteiger partial charge in [0.15, 0.2) is 11.5 Å². The number of amides is 1. The third-order valence-corrected chi connectivity index (χ3v) is 4.73. The van der Waals surface area contributed by atoms with Gasteiger partial charge in [-0.3, -0.25) is 10.2 Å². The van der Waals surface area contributed by atoms with Crippen molar-refractivity contribution in [2.75, 3.05) is 36.1 Å². The number of nitrogens with zero attached hydrogens (tertiary/aromatic N) is 3. The Bertz CT molecular complexity index is 1130. The van der Waals surface area contributed by atoms with E-state index in [9.17, 15) is 9.90 Å². The summed E-state index contributed by atoms with van der Waals surface area (Å²) in [5.41, 5.74) is 7.64. The quantitative estimate of drug-likeness (QED) is 0.301. The molecule has 0 saturated carbocycles. The number of para-hydroxylation sites is 1. The van der Waals surface area contributed by atoms with Crippen LogP contribution in [-0.2, 0) is 4.79 Å². The van der Waals surface area contributed by atoms with Crippen molar-refractivity contribution in [2.24, 2.45) is 0 Å². The average molecular weight is 432 g/mol. The second-order valence-corrected chi connectivity index (χ2v) is 6.70. The molecule has 1 amide bonds. The lowest BCUT2D eigenvalue weighted by molar-refractivity contribution is -0.114. The van der Waals surface area contributed by atoms with Crippen molar-refractivity contribution in [1.82, 2.24) is 9.97 Å². The standard InChI is InChI=1S/C23H24N6O3/c1-3-19(31)29(16-7-5-4-6-8-16)12-11-26-23-20(22(25)27-14-28-23)21(24)15-9-10-17(30)18(13-15)32-2/h3-10,13-14,24,30H,1,11-12H2,2H3,(H3,25,26,27,28). The van der Waals surface area contributed by atoms with Gasteiger partial charge in [0.1, 0.15) is 18.0 Å². The summed E-state index contributed by atoms with van der Waals surface area (Å²) >= 11 is 0. The first-order valence-corrected chi connectivity index (χ1v) is 9.76. The van der Waals surface area contributed by atoms with Crippen LogP contribution >= 0.6 is 0 Å². The zero-order valence-corrected chi connectivity index (χ0v) is 17.6. The third kappa shape index (κ3) is 4.84. The van der Waals surface area contributed by atoms with E-state index >= 15 is 0 Å². The van der Waals surface area contributed by atoms with Gasteiger partial charge in [0.05, 0.1) is 18.4 Å². The van der Waals surface area contributed by atoms with Gasteiger partial charge in [0, 0.05) is 24.3 Å². The van der Waals surface area contributed by atoms with E-state index in [0.29, 0.717) is 30.0 Å². The molecule has 0 fully saturated rings. The van der Waals surface area contributed by atoms with Gasteiger partial charge in [-0.15, -0.1) is 0 Å². The summed E-state index contributed by atoms with van der Waals surface area (Å²) in [4.78, 5) is 22.1. The molecule has 0 atom stereocenters. The Morgan fingerprint density at radius 3 is 2.72 bits per heavy atom. The number of hydrogen-bond donors (Lipinski definition) is 4. The van der Waals surface area contributed by atoms with Gasteiger partial charge in [0.25, 0.3) is 0 Å². The van der Waals surface area contributed by atoms with Crippen LogP contribution in [-0.4, -0.2) is 46.9 Å². The smallest absolute Gasteiger partial charge is 0.250 e. The van der Waals surface area contributed by atoms with E-state index in [-0.39, 0.29) is 28.9 Å². The maximum atomic E-state index is 12.3. The molecular weight excluding hydrogens is 408 g/mol. The number of hydrogen-bond acceptors (Lipinski definition) is 8. The van der Waals surface area contributed by atoms with Crippen LogP contribution in [0.15, 0.2) is 67.5 Å². The van der Waals surface area contributed by atoms with Crippen LogP contribution in [0.2, 0.25) is 0 Å². The number of phenolic OH excluding ortho intramolecular Hbond substituents is 1. The Morgan fingerprint density at radius 2 is 2.03 bits per heavy atom. The molecule has 1 aromatic heterocycles. The first kappa shape index (κ1) is 22.3. The van der Waals surface area contributed by atoms with Crippen LogP contribution in [0.25, 0.3) is 0 Å². The Morgan fingerprint density at radius 1 is 1.28 bits per heavy atom. The Labute approximate surface area is 185 Å². The molecular formula is C23H24N6O3. The molecule has 0 aliphatic heterocycles. The summed E-state index contributed by atoms with van der Waals surface area (Å²) in [6.45, 7) is 4.24. The fourth-order valence-corrected chi connectivity index (χ4v) is 3.13. The number of nitrogens with one attached hydrogen (secondary N) is 2. The summed E-state index contributed by atoms with van der Waals surface area (Å²) in [5, 5.41) is 21.6. The maximum absolute atomic E-state index is 12.3. The topological polar surface area (TPSA) is 137 Å². The van der Waals surface area contributed by atoms with Crippen LogP contribution in [0.5, 0.6) is 11.5 Å². The molecule has 2 aromatic carbocycles. The van der Waals surface area contributed by atoms with Crippen molar-refractivity contribution in [3.63, 3.8) is 0 Å². The SMILES string of the molecule is C=CC(=O)N(CCNc1ncnc(N)c1C(=N)c1ccc(O)c(OC)c1)c1ccccc1. The summed E-state index contributed by atoms with van der Waals surface area (Å²) in [6, 6.07) is 13.8. The first-order chi connectivity index (χ1) is 15.5. The molecule has 3 aromatic rings. The number of rotatable bonds is 9. The molecule has 0 aliphatic carbocycles. The zero-order valence-electron chi connectivity index (χ0n) is 17.6. The molecule has 32 heavy (non-hydrogen) atoms. The fourth-order valence-electron chi connectivity index (χ4n) is 3.13. The highest BCUT2D eigenvalue weighted by Crippen LogP contribution is 2.29. The molecule has 9 heteroatoms. The van der Waals surface area contributed by atoms with Gasteiger partial charge in [-0.25, -0.2) is 9.97 Å². The minimum atomic E-state index is -0.232. The van der Waals surface area contributed by atoms with E-state index in [1.165, 1.54) is 31.6 Å². The molecule has 0 aliphatic rings. The number of methoxy groups -OCH3 is 1. The van der Waals surface area contributed by atoms with E-state index in [1.807, 2.05) is 30.3 Å². The Hall–Kier alpha value is -4.40. The highest BCUT2D eigenvalue weighted by Gasteiger charge is 2.18. The summed E-state index contributed by atoms with van der Waals surface area (Å²) in [7, 11) is 1.43. The number of aromatic hydroxyl groups is 1. The second kappa shape index (κ2) is 10.1. The number of benzene rings is 2. The van der Waals surface area contributed by atoms with Crippen LogP contribution in [0.1, 0.15) is 11.1 Å². The van der Waals surface area contributed by atoms with E-state index in [2.05, 4.69) is 21.9 Å². The molecule has 9 nitrogen and oxygen atoms in total. The maximum Gasteiger partial charge on any atom is 0.250 e. The molecule has 164 valence electrons. The number of nitrogen functional groups attached to an aromatic ring is 1. The van der Waals surface area contributed by atoms with Crippen molar-refractivity contribution < 1.29 is 14.6 Å². The van der Waals surface area contributed by atoms with E-state index in [4.69, 9.17) is 15.9 Å². The lowest BCUT2D eigenvalue weighted by Gasteiger charge is -2.22. The monoisotopic (exact) mass is 432 g/mol. The number of phenols is 1. The number of nitrogens with two attached hydrogens (primary N) is 1. The predicted octanol–water partition coefficient (Wildman–Crippen LogP) is 2.82. The number of carbonyl (C=O) groups excluding carboxylic acids is 1. The largest absolute Gasteiger partial charge is 0.504 e. The lowest BCUT2D eigenvalue weighted by Crippen LogP contribution is -2.34. The van der Waals surface area contributed by atoms with Crippen molar-refractivity contribution in [3.8, 4) is 11.5 Å². The zero-order chi connectivity index (χ0) is 23.1. The predicted molar refractivity (Wildman–Crippen MR) is 125 cm³/mol. The van der Waals surface area contributed by atoms with Crippen molar-refractivity contribution in [1.29, 1.82) is 5.41 Å². The summed E-state index contributed by atoms with van der Waals surface area (Å²) in [5.74, 6) is 0.450. The Balaban J connectivity index is 1.82. The minimum absolute atomic E-state index is 0.0347. The van der Waals surface area contributed by atoms with Crippen molar-refractivity contribution in [2.45, 2.75) is 0 Å². The highest BCUT2D eigenvalue weighted by molar-refractivity contribution is 6.16. The molecule has 5 N–H and O–H groups in total. The molecule has 0 unspecified atom stereocenters. The van der Waals surface area contributed by atoms with Gasteiger partial charge in [-0.2, -0.15) is 0 Å². The van der Waals surface area contributed by atoms with Crippen LogP contribution in [0.4, 0.5) is 17.3 Å². The summed E-state index contributed by atoms with van der Waals surface area (Å²) in [6.07, 6.45) is 2.56. The van der Waals surface area contributed by atoms with Gasteiger partial charge >= 0.3 is 0 Å². The fraction of sp³-hybridized carbons (Fsp3) is 0.130. The first-order valence-electron chi connectivity index (χ1n) is 9.76. The molecule has 3 rings (SSSR count). The van der Waals surface area contributed by atoms with Crippen LogP contribution in [0.3, 0.4) is 0 Å². The third-order valence-electron chi connectivity index (χ3n) is 4.73. The van der Waals surface area contributed by atoms with Gasteiger partial charge in [-0.1, -0.05) is 24.8 Å². The number of anilines is 3. The molecule has 0 bridgehead atoms. The van der Waals surface area contributed by atoms with E-state index < -0.39 is 0 Å². The van der Waals surface area contributed by atoms with Gasteiger partial charge in [-0.05, 0) is 36.4 Å². The molecule has 0 radical (unpaired) electrons. The minimum Gasteiger partial charge on any atom is -0.504 e. The van der Waals surface area contributed by atoms with E-state index in [1.54, 1.807) is 11.0 Å². The average Bonchev–Trinajstić information content (AvgIpc) is 2.82. The second-order valence-electron chi connectivity index (χ2n) is 6.70. The van der Waals surface area contributed by atoms with Crippen LogP contribution < -0.4 is 20.7 Å². The van der Waals surface area contributed by atoms with Crippen LogP contribution in [0, 0.1) is 5.41 Å². The Kier molecular flexibility index (Phi) is 7.02. The highest BCUT2D eigenvalue weighted by atomic mass is 16.5. The lowest BCUT2D eigenvalue weighted by atomic mass is 10.0. The van der Waals surface area contributed by atoms with E-state index in [0.717, 1.165) is 5.69 Å². The van der Waals surface area contributed by atoms with Gasteiger partial charge < -0.3 is 25.8 Å². The van der Waals surface area contributed by atoms with Crippen molar-refractivity contribution in [3.05, 3.63) is 78.6 Å². The molecule has 0 spiro atoms. The van der Waals surface area contributed by atoms with Crippen molar-refractivity contribution >= 4 is 28.9 Å². The summed E-state index contributed by atoms with van der Waals surface area (Å²) < 4.78 is 5.13. The molecule has 1 heterocycles.